The lowest BCUT2D eigenvalue weighted by atomic mass is 10.1. The van der Waals surface area contributed by atoms with Gasteiger partial charge in [0.15, 0.2) is 0 Å². The second kappa shape index (κ2) is 8.01. The Labute approximate surface area is 111 Å². The van der Waals surface area contributed by atoms with Crippen molar-refractivity contribution < 1.29 is 4.74 Å². The van der Waals surface area contributed by atoms with Crippen LogP contribution < -0.4 is 5.73 Å². The molecular weight excluding hydrogens is 232 g/mol. The maximum absolute atomic E-state index is 5.51. The molecule has 0 aromatic rings. The monoisotopic (exact) mass is 258 g/mol. The van der Waals surface area contributed by atoms with Gasteiger partial charge in [-0.1, -0.05) is 12.2 Å². The van der Waals surface area contributed by atoms with E-state index in [1.807, 2.05) is 0 Å². The van der Waals surface area contributed by atoms with E-state index in [-0.39, 0.29) is 0 Å². The summed E-state index contributed by atoms with van der Waals surface area (Å²) in [5.41, 5.74) is 5.51. The SMILES string of the molecule is COCCN(CCCCC(N)=S)C(C)C1CC1. The van der Waals surface area contributed by atoms with Gasteiger partial charge in [0.25, 0.3) is 0 Å². The summed E-state index contributed by atoms with van der Waals surface area (Å²) in [6.45, 7) is 5.36. The molecule has 1 unspecified atom stereocenters. The van der Waals surface area contributed by atoms with E-state index in [0.29, 0.717) is 11.0 Å². The van der Waals surface area contributed by atoms with E-state index in [0.717, 1.165) is 38.5 Å². The minimum Gasteiger partial charge on any atom is -0.393 e. The minimum absolute atomic E-state index is 0.642. The van der Waals surface area contributed by atoms with Crippen molar-refractivity contribution in [3.05, 3.63) is 0 Å². The second-order valence-corrected chi connectivity index (χ2v) is 5.55. The number of nitrogens with zero attached hydrogens (tertiary/aromatic N) is 1. The number of nitrogens with two attached hydrogens (primary N) is 1. The summed E-state index contributed by atoms with van der Waals surface area (Å²) in [4.78, 5) is 3.20. The van der Waals surface area contributed by atoms with Gasteiger partial charge < -0.3 is 10.5 Å². The van der Waals surface area contributed by atoms with Crippen molar-refractivity contribution in [2.45, 2.75) is 45.1 Å². The summed E-state index contributed by atoms with van der Waals surface area (Å²) in [5, 5.41) is 0. The van der Waals surface area contributed by atoms with E-state index >= 15 is 0 Å². The number of thiocarbonyl (C=S) groups is 1. The van der Waals surface area contributed by atoms with Gasteiger partial charge in [-0.25, -0.2) is 0 Å². The van der Waals surface area contributed by atoms with Crippen LogP contribution in [0.3, 0.4) is 0 Å². The molecule has 0 amide bonds. The number of hydrogen-bond donors (Lipinski definition) is 1. The molecule has 1 saturated carbocycles. The van der Waals surface area contributed by atoms with Crippen molar-refractivity contribution in [2.24, 2.45) is 11.7 Å². The minimum atomic E-state index is 0.642. The largest absolute Gasteiger partial charge is 0.393 e. The summed E-state index contributed by atoms with van der Waals surface area (Å²) in [5.74, 6) is 0.919. The van der Waals surface area contributed by atoms with Crippen LogP contribution in [0.5, 0.6) is 0 Å². The zero-order valence-corrected chi connectivity index (χ0v) is 12.0. The normalized spacial score (nSPS) is 17.4. The highest BCUT2D eigenvalue weighted by Crippen LogP contribution is 2.35. The number of unbranched alkanes of at least 4 members (excludes halogenated alkanes) is 1. The van der Waals surface area contributed by atoms with E-state index in [2.05, 4.69) is 11.8 Å². The smallest absolute Gasteiger partial charge is 0.0727 e. The van der Waals surface area contributed by atoms with E-state index in [1.165, 1.54) is 19.3 Å². The van der Waals surface area contributed by atoms with Gasteiger partial charge in [0.1, 0.15) is 0 Å². The number of ether oxygens (including phenoxy) is 1. The van der Waals surface area contributed by atoms with Crippen LogP contribution in [-0.4, -0.2) is 42.7 Å². The third kappa shape index (κ3) is 6.34. The predicted molar refractivity (Wildman–Crippen MR) is 76.3 cm³/mol. The van der Waals surface area contributed by atoms with Crippen LogP contribution in [-0.2, 0) is 4.74 Å². The van der Waals surface area contributed by atoms with Crippen molar-refractivity contribution >= 4 is 17.2 Å². The van der Waals surface area contributed by atoms with Gasteiger partial charge in [-0.3, -0.25) is 4.90 Å². The van der Waals surface area contributed by atoms with Crippen molar-refractivity contribution in [3.8, 4) is 0 Å². The molecule has 1 atom stereocenters. The summed E-state index contributed by atoms with van der Waals surface area (Å²) >= 11 is 4.89. The van der Waals surface area contributed by atoms with Gasteiger partial charge in [0.05, 0.1) is 11.6 Å². The molecule has 17 heavy (non-hydrogen) atoms. The van der Waals surface area contributed by atoms with Gasteiger partial charge in [0, 0.05) is 19.7 Å². The molecule has 0 bridgehead atoms. The Morgan fingerprint density at radius 1 is 1.41 bits per heavy atom. The van der Waals surface area contributed by atoms with Crippen LogP contribution >= 0.6 is 12.2 Å². The molecule has 4 heteroatoms. The Morgan fingerprint density at radius 3 is 2.65 bits per heavy atom. The molecule has 0 aromatic heterocycles. The molecule has 1 rings (SSSR count). The van der Waals surface area contributed by atoms with Crippen molar-refractivity contribution in [1.29, 1.82) is 0 Å². The highest BCUT2D eigenvalue weighted by molar-refractivity contribution is 7.80. The number of hydrogen-bond acceptors (Lipinski definition) is 3. The molecule has 0 saturated heterocycles. The number of rotatable bonds is 10. The van der Waals surface area contributed by atoms with E-state index in [1.54, 1.807) is 7.11 Å². The van der Waals surface area contributed by atoms with Gasteiger partial charge in [-0.15, -0.1) is 0 Å². The van der Waals surface area contributed by atoms with Crippen LogP contribution in [0.4, 0.5) is 0 Å². The molecule has 0 heterocycles. The summed E-state index contributed by atoms with van der Waals surface area (Å²) in [6.07, 6.45) is 5.97. The molecule has 2 N–H and O–H groups in total. The molecule has 0 aliphatic heterocycles. The third-order valence-electron chi connectivity index (χ3n) is 3.58. The van der Waals surface area contributed by atoms with Gasteiger partial charge in [0.2, 0.25) is 0 Å². The van der Waals surface area contributed by atoms with E-state index in [4.69, 9.17) is 22.7 Å². The first kappa shape index (κ1) is 14.9. The molecular formula is C13H26N2OS. The van der Waals surface area contributed by atoms with Gasteiger partial charge in [-0.2, -0.15) is 0 Å². The topological polar surface area (TPSA) is 38.5 Å². The Morgan fingerprint density at radius 2 is 2.12 bits per heavy atom. The average molecular weight is 258 g/mol. The Kier molecular flexibility index (Phi) is 7.00. The number of methoxy groups -OCH3 is 1. The maximum atomic E-state index is 5.51. The lowest BCUT2D eigenvalue weighted by Gasteiger charge is -2.29. The van der Waals surface area contributed by atoms with Crippen LogP contribution in [0.25, 0.3) is 0 Å². The molecule has 1 aliphatic carbocycles. The van der Waals surface area contributed by atoms with Crippen molar-refractivity contribution in [3.63, 3.8) is 0 Å². The maximum Gasteiger partial charge on any atom is 0.0727 e. The highest BCUT2D eigenvalue weighted by Gasteiger charge is 2.31. The van der Waals surface area contributed by atoms with Gasteiger partial charge >= 0.3 is 0 Å². The summed E-state index contributed by atoms with van der Waals surface area (Å²) in [7, 11) is 1.77. The molecule has 1 aliphatic rings. The second-order valence-electron chi connectivity index (χ2n) is 5.03. The predicted octanol–water partition coefficient (Wildman–Crippen LogP) is 2.19. The fraction of sp³-hybridized carbons (Fsp3) is 0.923. The fourth-order valence-electron chi connectivity index (χ4n) is 2.22. The average Bonchev–Trinajstić information content (AvgIpc) is 3.10. The van der Waals surface area contributed by atoms with Crippen molar-refractivity contribution in [1.82, 2.24) is 4.90 Å². The molecule has 0 spiro atoms. The summed E-state index contributed by atoms with van der Waals surface area (Å²) < 4.78 is 5.18. The van der Waals surface area contributed by atoms with Crippen LogP contribution in [0, 0.1) is 5.92 Å². The lowest BCUT2D eigenvalue weighted by Crippen LogP contribution is -2.38. The molecule has 0 aromatic carbocycles. The standard InChI is InChI=1S/C13H26N2OS/c1-11(12-6-7-12)15(9-10-16-2)8-4-3-5-13(14)17/h11-12H,3-10H2,1-2H3,(H2,14,17). The molecule has 100 valence electrons. The van der Waals surface area contributed by atoms with Crippen molar-refractivity contribution in [2.75, 3.05) is 26.8 Å². The lowest BCUT2D eigenvalue weighted by molar-refractivity contribution is 0.115. The Balaban J connectivity index is 2.21. The Bertz CT molecular complexity index is 231. The van der Waals surface area contributed by atoms with Gasteiger partial charge in [-0.05, 0) is 51.5 Å². The molecule has 0 radical (unpaired) electrons. The third-order valence-corrected chi connectivity index (χ3v) is 3.79. The first-order valence-corrected chi connectivity index (χ1v) is 7.07. The van der Waals surface area contributed by atoms with Crippen LogP contribution in [0.1, 0.15) is 39.0 Å². The first-order valence-electron chi connectivity index (χ1n) is 6.66. The molecule has 3 nitrogen and oxygen atoms in total. The van der Waals surface area contributed by atoms with E-state index < -0.39 is 0 Å². The fourth-order valence-corrected chi connectivity index (χ4v) is 2.36. The summed E-state index contributed by atoms with van der Waals surface area (Å²) in [6, 6.07) is 0.704. The zero-order chi connectivity index (χ0) is 12.7. The zero-order valence-electron chi connectivity index (χ0n) is 11.2. The molecule has 1 fully saturated rings. The highest BCUT2D eigenvalue weighted by atomic mass is 32.1. The Hall–Kier alpha value is -0.190. The first-order chi connectivity index (χ1) is 8.15. The van der Waals surface area contributed by atoms with Crippen LogP contribution in [0.15, 0.2) is 0 Å². The van der Waals surface area contributed by atoms with Crippen LogP contribution in [0.2, 0.25) is 0 Å². The van der Waals surface area contributed by atoms with E-state index in [9.17, 15) is 0 Å². The quantitative estimate of drug-likeness (QED) is 0.481.